The summed E-state index contributed by atoms with van der Waals surface area (Å²) in [6, 6.07) is 6.96. The van der Waals surface area contributed by atoms with Crippen LogP contribution in [0.1, 0.15) is 61.8 Å². The Balaban J connectivity index is 2.01. The van der Waals surface area contributed by atoms with Gasteiger partial charge in [0.15, 0.2) is 0 Å². The smallest absolute Gasteiger partial charge is 0.333 e. The second kappa shape index (κ2) is 11.3. The molecule has 0 bridgehead atoms. The van der Waals surface area contributed by atoms with Gasteiger partial charge in [0.05, 0.1) is 24.2 Å². The number of nitrogens with zero attached hydrogens (tertiary/aromatic N) is 4. The Kier molecular flexibility index (Phi) is 8.39. The van der Waals surface area contributed by atoms with Crippen LogP contribution in [0.3, 0.4) is 0 Å². The monoisotopic (exact) mass is 498 g/mol. The zero-order valence-electron chi connectivity index (χ0n) is 21.3. The first-order valence-electron chi connectivity index (χ1n) is 12.2. The quantitative estimate of drug-likeness (QED) is 0.437. The van der Waals surface area contributed by atoms with Crippen molar-refractivity contribution in [3.05, 3.63) is 88.2 Å². The average molecular weight is 499 g/mol. The number of aromatic nitrogens is 4. The summed E-state index contributed by atoms with van der Waals surface area (Å²) < 4.78 is 4.29. The van der Waals surface area contributed by atoms with Crippen LogP contribution in [0.4, 0.5) is 0 Å². The third-order valence-electron chi connectivity index (χ3n) is 6.45. The molecule has 0 amide bonds. The summed E-state index contributed by atoms with van der Waals surface area (Å²) in [5.74, 6) is -0.630. The van der Waals surface area contributed by atoms with Crippen molar-refractivity contribution in [2.24, 2.45) is 14.1 Å². The lowest BCUT2D eigenvalue weighted by molar-refractivity contribution is 0.399. The van der Waals surface area contributed by atoms with Crippen LogP contribution in [-0.4, -0.2) is 28.5 Å². The zero-order chi connectivity index (χ0) is 26.6. The molecule has 3 aromatic rings. The van der Waals surface area contributed by atoms with Crippen molar-refractivity contribution >= 4 is 0 Å². The van der Waals surface area contributed by atoms with Crippen molar-refractivity contribution in [1.29, 1.82) is 0 Å². The molecule has 10 nitrogen and oxygen atoms in total. The summed E-state index contributed by atoms with van der Waals surface area (Å²) in [5, 5.41) is 20.6. The van der Waals surface area contributed by atoms with Crippen LogP contribution >= 0.6 is 0 Å². The molecule has 0 spiro atoms. The van der Waals surface area contributed by atoms with Crippen molar-refractivity contribution in [3.8, 4) is 11.8 Å². The van der Waals surface area contributed by atoms with Gasteiger partial charge in [-0.3, -0.25) is 27.9 Å². The first-order chi connectivity index (χ1) is 17.1. The normalized spacial score (nSPS) is 11.2. The summed E-state index contributed by atoms with van der Waals surface area (Å²) in [6.45, 7) is 3.90. The molecule has 3 rings (SSSR count). The van der Waals surface area contributed by atoms with Crippen LogP contribution in [-0.2, 0) is 40.0 Å². The van der Waals surface area contributed by atoms with E-state index in [2.05, 4.69) is 0 Å². The molecule has 0 radical (unpaired) electrons. The lowest BCUT2D eigenvalue weighted by atomic mass is 10.1. The third kappa shape index (κ3) is 5.22. The van der Waals surface area contributed by atoms with Crippen LogP contribution in [0.5, 0.6) is 11.8 Å². The van der Waals surface area contributed by atoms with E-state index in [-0.39, 0.29) is 36.0 Å². The van der Waals surface area contributed by atoms with Crippen LogP contribution in [0.15, 0.2) is 43.4 Å². The van der Waals surface area contributed by atoms with E-state index >= 15 is 0 Å². The van der Waals surface area contributed by atoms with Crippen LogP contribution in [0, 0.1) is 0 Å². The van der Waals surface area contributed by atoms with E-state index in [9.17, 15) is 29.4 Å². The first kappa shape index (κ1) is 26.8. The molecule has 36 heavy (non-hydrogen) atoms. The van der Waals surface area contributed by atoms with E-state index in [4.69, 9.17) is 0 Å². The number of hydrogen-bond acceptors (Lipinski definition) is 6. The van der Waals surface area contributed by atoms with Gasteiger partial charge in [-0.15, -0.1) is 0 Å². The Morgan fingerprint density at radius 2 is 1.08 bits per heavy atom. The van der Waals surface area contributed by atoms with Gasteiger partial charge in [0.2, 0.25) is 11.8 Å². The molecular weight excluding hydrogens is 464 g/mol. The zero-order valence-corrected chi connectivity index (χ0v) is 21.3. The molecule has 0 fully saturated rings. The molecule has 0 aliphatic carbocycles. The molecule has 2 aromatic heterocycles. The Bertz CT molecular complexity index is 1380. The van der Waals surface area contributed by atoms with Gasteiger partial charge < -0.3 is 10.2 Å². The number of benzene rings is 1. The molecular formula is C26H34N4O6. The number of unbranched alkanes of at least 4 members (excludes halogenated alkanes) is 2. The second-order valence-electron chi connectivity index (χ2n) is 9.10. The number of hydrogen-bond donors (Lipinski definition) is 2. The largest absolute Gasteiger partial charge is 0.494 e. The minimum atomic E-state index is -0.632. The molecule has 1 aromatic carbocycles. The molecule has 0 saturated heterocycles. The maximum atomic E-state index is 13.0. The molecule has 194 valence electrons. The Labute approximate surface area is 208 Å². The van der Waals surface area contributed by atoms with E-state index in [1.54, 1.807) is 24.3 Å². The van der Waals surface area contributed by atoms with Gasteiger partial charge in [-0.25, -0.2) is 9.59 Å². The Hall–Kier alpha value is -3.82. The first-order valence-corrected chi connectivity index (χ1v) is 12.2. The van der Waals surface area contributed by atoms with Crippen molar-refractivity contribution in [3.63, 3.8) is 0 Å². The Morgan fingerprint density at radius 3 is 1.44 bits per heavy atom. The summed E-state index contributed by atoms with van der Waals surface area (Å²) in [5.41, 5.74) is -0.651. The fourth-order valence-electron chi connectivity index (χ4n) is 4.25. The van der Waals surface area contributed by atoms with Gasteiger partial charge in [-0.1, -0.05) is 51.0 Å². The SMILES string of the molecule is CCCCc1c(O)n(C)c(=O)n(Cc2cccc(Cn3c(=O)c(CCCC)c(O)n(C)c3=O)c2)c1=O. The van der Waals surface area contributed by atoms with E-state index in [1.807, 2.05) is 13.8 Å². The second-order valence-corrected chi connectivity index (χ2v) is 9.10. The van der Waals surface area contributed by atoms with Gasteiger partial charge in [0.25, 0.3) is 11.1 Å². The van der Waals surface area contributed by atoms with E-state index in [1.165, 1.54) is 14.1 Å². The van der Waals surface area contributed by atoms with Crippen molar-refractivity contribution in [2.75, 3.05) is 0 Å². The third-order valence-corrected chi connectivity index (χ3v) is 6.45. The lowest BCUT2D eigenvalue weighted by Crippen LogP contribution is -2.41. The van der Waals surface area contributed by atoms with Gasteiger partial charge in [0.1, 0.15) is 0 Å². The van der Waals surface area contributed by atoms with Gasteiger partial charge in [0, 0.05) is 14.1 Å². The van der Waals surface area contributed by atoms with Crippen molar-refractivity contribution < 1.29 is 10.2 Å². The van der Waals surface area contributed by atoms with E-state index in [0.717, 1.165) is 31.1 Å². The molecule has 0 atom stereocenters. The summed E-state index contributed by atoms with van der Waals surface area (Å²) >= 11 is 0. The van der Waals surface area contributed by atoms with E-state index in [0.29, 0.717) is 36.8 Å². The maximum absolute atomic E-state index is 13.0. The highest BCUT2D eigenvalue weighted by Gasteiger charge is 2.18. The summed E-state index contributed by atoms with van der Waals surface area (Å²) in [4.78, 5) is 51.5. The van der Waals surface area contributed by atoms with E-state index < -0.39 is 22.5 Å². The minimum absolute atomic E-state index is 0.0248. The minimum Gasteiger partial charge on any atom is -0.494 e. The summed E-state index contributed by atoms with van der Waals surface area (Å²) in [7, 11) is 2.84. The van der Waals surface area contributed by atoms with Crippen LogP contribution in [0.2, 0.25) is 0 Å². The Morgan fingerprint density at radius 1 is 0.694 bits per heavy atom. The van der Waals surface area contributed by atoms with Crippen LogP contribution < -0.4 is 22.5 Å². The number of aromatic hydroxyl groups is 2. The van der Waals surface area contributed by atoms with Crippen LogP contribution in [0.25, 0.3) is 0 Å². The highest BCUT2D eigenvalue weighted by atomic mass is 16.3. The molecule has 0 saturated carbocycles. The van der Waals surface area contributed by atoms with Gasteiger partial charge in [-0.2, -0.15) is 0 Å². The van der Waals surface area contributed by atoms with Gasteiger partial charge in [-0.05, 0) is 36.8 Å². The van der Waals surface area contributed by atoms with Crippen molar-refractivity contribution in [1.82, 2.24) is 18.3 Å². The fourth-order valence-corrected chi connectivity index (χ4v) is 4.25. The van der Waals surface area contributed by atoms with Crippen molar-refractivity contribution in [2.45, 2.75) is 65.5 Å². The predicted molar refractivity (Wildman–Crippen MR) is 137 cm³/mol. The average Bonchev–Trinajstić information content (AvgIpc) is 2.87. The fraction of sp³-hybridized carbons (Fsp3) is 0.462. The molecule has 0 aliphatic rings. The highest BCUT2D eigenvalue weighted by Crippen LogP contribution is 2.15. The highest BCUT2D eigenvalue weighted by molar-refractivity contribution is 5.28. The lowest BCUT2D eigenvalue weighted by Gasteiger charge is -2.15. The maximum Gasteiger partial charge on any atom is 0.333 e. The van der Waals surface area contributed by atoms with Gasteiger partial charge >= 0.3 is 11.4 Å². The standard InChI is InChI=1S/C26H34N4O6/c1-5-7-12-19-21(31)27(3)25(35)29(23(19)33)15-17-10-9-11-18(14-17)16-30-24(34)20(13-8-6-2)22(32)28(4)26(30)36/h9-11,14,31-32H,5-8,12-13,15-16H2,1-4H3. The predicted octanol–water partition coefficient (Wildman–Crippen LogP) is 1.60. The summed E-state index contributed by atoms with van der Waals surface area (Å²) in [6.07, 6.45) is 3.80. The topological polar surface area (TPSA) is 128 Å². The molecule has 10 heteroatoms. The molecule has 2 heterocycles. The molecule has 0 aliphatic heterocycles. The molecule has 0 unspecified atom stereocenters. The number of rotatable bonds is 10. The molecule has 2 N–H and O–H groups in total.